The summed E-state index contributed by atoms with van der Waals surface area (Å²) in [6.07, 6.45) is -4.14. The molecule has 0 heterocycles. The number of rotatable bonds is 2. The molecule has 0 aliphatic rings. The molecule has 0 radical (unpaired) electrons. The molecule has 0 fully saturated rings. The first kappa shape index (κ1) is 12.6. The van der Waals surface area contributed by atoms with Gasteiger partial charge >= 0.3 is 6.18 Å². The molecule has 0 spiro atoms. The van der Waals surface area contributed by atoms with Crippen molar-refractivity contribution in [3.05, 3.63) is 35.4 Å². The number of hydrogen-bond donors (Lipinski definition) is 1. The fourth-order valence-corrected chi connectivity index (χ4v) is 1.40. The highest BCUT2D eigenvalue weighted by atomic mass is 19.4. The minimum atomic E-state index is -4.37. The molecule has 0 aliphatic carbocycles. The fourth-order valence-electron chi connectivity index (χ4n) is 1.40. The van der Waals surface area contributed by atoms with Crippen molar-refractivity contribution in [3.8, 4) is 11.8 Å². The Labute approximate surface area is 92.5 Å². The summed E-state index contributed by atoms with van der Waals surface area (Å²) in [6.45, 7) is 1.63. The van der Waals surface area contributed by atoms with Crippen molar-refractivity contribution >= 4 is 0 Å². The highest BCUT2D eigenvalue weighted by molar-refractivity contribution is 5.32. The Morgan fingerprint density at radius 1 is 1.31 bits per heavy atom. The van der Waals surface area contributed by atoms with Gasteiger partial charge in [0, 0.05) is 12.5 Å². The van der Waals surface area contributed by atoms with Gasteiger partial charge in [-0.2, -0.15) is 13.2 Å². The van der Waals surface area contributed by atoms with Crippen LogP contribution in [0.15, 0.2) is 24.3 Å². The molecule has 16 heavy (non-hydrogen) atoms. The summed E-state index contributed by atoms with van der Waals surface area (Å²) in [5, 5.41) is 0. The molecule has 1 aromatic carbocycles. The summed E-state index contributed by atoms with van der Waals surface area (Å²) in [6, 6.07) is 4.62. The highest BCUT2D eigenvalue weighted by Crippen LogP contribution is 2.34. The molecule has 2 N–H and O–H groups in total. The Hall–Kier alpha value is -1.47. The van der Waals surface area contributed by atoms with Crippen LogP contribution in [0.5, 0.6) is 0 Å². The van der Waals surface area contributed by atoms with E-state index in [0.717, 1.165) is 6.07 Å². The van der Waals surface area contributed by atoms with Crippen molar-refractivity contribution in [2.75, 3.05) is 0 Å². The maximum atomic E-state index is 12.6. The molecular weight excluding hydrogens is 215 g/mol. The zero-order valence-corrected chi connectivity index (χ0v) is 8.81. The zero-order chi connectivity index (χ0) is 12.2. The van der Waals surface area contributed by atoms with E-state index in [9.17, 15) is 13.2 Å². The van der Waals surface area contributed by atoms with Gasteiger partial charge in [0.15, 0.2) is 0 Å². The number of benzene rings is 1. The predicted molar refractivity (Wildman–Crippen MR) is 56.4 cm³/mol. The molecule has 1 rings (SSSR count). The van der Waals surface area contributed by atoms with Crippen molar-refractivity contribution < 1.29 is 13.2 Å². The van der Waals surface area contributed by atoms with Crippen molar-refractivity contribution in [2.24, 2.45) is 5.73 Å². The van der Waals surface area contributed by atoms with Gasteiger partial charge in [0.1, 0.15) is 0 Å². The number of halogens is 3. The molecular formula is C12H12F3N. The Morgan fingerprint density at radius 3 is 2.50 bits per heavy atom. The maximum absolute atomic E-state index is 12.6. The fraction of sp³-hybridized carbons (Fsp3) is 0.333. The van der Waals surface area contributed by atoms with Gasteiger partial charge in [-0.3, -0.25) is 0 Å². The predicted octanol–water partition coefficient (Wildman–Crippen LogP) is 3.12. The van der Waals surface area contributed by atoms with Gasteiger partial charge in [-0.1, -0.05) is 18.2 Å². The number of alkyl halides is 3. The van der Waals surface area contributed by atoms with Gasteiger partial charge in [0.05, 0.1) is 5.56 Å². The molecule has 0 amide bonds. The van der Waals surface area contributed by atoms with E-state index in [0.29, 0.717) is 0 Å². The smallest absolute Gasteiger partial charge is 0.323 e. The van der Waals surface area contributed by atoms with E-state index in [1.165, 1.54) is 12.1 Å². The Morgan fingerprint density at radius 2 is 1.94 bits per heavy atom. The largest absolute Gasteiger partial charge is 0.416 e. The lowest BCUT2D eigenvalue weighted by atomic mass is 9.98. The number of hydrogen-bond acceptors (Lipinski definition) is 1. The van der Waals surface area contributed by atoms with Crippen LogP contribution >= 0.6 is 0 Å². The zero-order valence-electron chi connectivity index (χ0n) is 8.81. The average Bonchev–Trinajstić information content (AvgIpc) is 2.24. The van der Waals surface area contributed by atoms with E-state index in [2.05, 4.69) is 11.8 Å². The minimum Gasteiger partial charge on any atom is -0.323 e. The van der Waals surface area contributed by atoms with Crippen LogP contribution in [0.3, 0.4) is 0 Å². The van der Waals surface area contributed by atoms with Crippen LogP contribution < -0.4 is 5.73 Å². The van der Waals surface area contributed by atoms with E-state index in [-0.39, 0.29) is 12.0 Å². The van der Waals surface area contributed by atoms with E-state index < -0.39 is 17.8 Å². The summed E-state index contributed by atoms with van der Waals surface area (Å²) in [5.41, 5.74) is 5.09. The summed E-state index contributed by atoms with van der Waals surface area (Å²) < 4.78 is 37.9. The van der Waals surface area contributed by atoms with Crippen LogP contribution in [0, 0.1) is 11.8 Å². The summed E-state index contributed by atoms with van der Waals surface area (Å²) >= 11 is 0. The van der Waals surface area contributed by atoms with E-state index in [4.69, 9.17) is 5.73 Å². The summed E-state index contributed by atoms with van der Waals surface area (Å²) in [4.78, 5) is 0. The summed E-state index contributed by atoms with van der Waals surface area (Å²) in [7, 11) is 0. The normalized spacial score (nSPS) is 12.8. The first-order valence-electron chi connectivity index (χ1n) is 4.78. The van der Waals surface area contributed by atoms with Gasteiger partial charge in [0.2, 0.25) is 0 Å². The molecule has 1 nitrogen and oxygen atoms in total. The summed E-state index contributed by atoms with van der Waals surface area (Å²) in [5.74, 6) is 5.30. The third-order valence-electron chi connectivity index (χ3n) is 2.16. The van der Waals surface area contributed by atoms with Crippen molar-refractivity contribution in [1.29, 1.82) is 0 Å². The van der Waals surface area contributed by atoms with E-state index in [1.54, 1.807) is 13.0 Å². The lowest BCUT2D eigenvalue weighted by Crippen LogP contribution is -2.17. The quantitative estimate of drug-likeness (QED) is 0.772. The van der Waals surface area contributed by atoms with Crippen LogP contribution in [-0.4, -0.2) is 0 Å². The van der Waals surface area contributed by atoms with E-state index >= 15 is 0 Å². The Kier molecular flexibility index (Phi) is 3.97. The first-order chi connectivity index (χ1) is 7.46. The molecule has 0 aliphatic heterocycles. The van der Waals surface area contributed by atoms with Crippen molar-refractivity contribution in [1.82, 2.24) is 0 Å². The lowest BCUT2D eigenvalue weighted by Gasteiger charge is -2.16. The van der Waals surface area contributed by atoms with Gasteiger partial charge in [-0.15, -0.1) is 11.8 Å². The average molecular weight is 227 g/mol. The minimum absolute atomic E-state index is 0.0951. The maximum Gasteiger partial charge on any atom is 0.416 e. The second-order valence-corrected chi connectivity index (χ2v) is 3.32. The molecule has 0 bridgehead atoms. The third-order valence-corrected chi connectivity index (χ3v) is 2.16. The van der Waals surface area contributed by atoms with Crippen LogP contribution in [0.2, 0.25) is 0 Å². The number of nitrogens with two attached hydrogens (primary N) is 1. The van der Waals surface area contributed by atoms with Gasteiger partial charge in [-0.05, 0) is 18.6 Å². The molecule has 0 aromatic heterocycles. The Balaban J connectivity index is 3.07. The van der Waals surface area contributed by atoms with Crippen LogP contribution in [0.1, 0.15) is 30.5 Å². The third kappa shape index (κ3) is 3.01. The second-order valence-electron chi connectivity index (χ2n) is 3.32. The van der Waals surface area contributed by atoms with Gasteiger partial charge in [-0.25, -0.2) is 0 Å². The molecule has 4 heteroatoms. The Bertz CT molecular complexity index is 412. The van der Waals surface area contributed by atoms with Gasteiger partial charge < -0.3 is 5.73 Å². The van der Waals surface area contributed by atoms with Crippen molar-refractivity contribution in [3.63, 3.8) is 0 Å². The van der Waals surface area contributed by atoms with E-state index in [1.807, 2.05) is 0 Å². The first-order valence-corrected chi connectivity index (χ1v) is 4.78. The van der Waals surface area contributed by atoms with Crippen LogP contribution in [0.25, 0.3) is 0 Å². The van der Waals surface area contributed by atoms with Crippen molar-refractivity contribution in [2.45, 2.75) is 25.6 Å². The second kappa shape index (κ2) is 5.04. The monoisotopic (exact) mass is 227 g/mol. The van der Waals surface area contributed by atoms with Crippen LogP contribution in [-0.2, 0) is 6.18 Å². The van der Waals surface area contributed by atoms with Gasteiger partial charge in [0.25, 0.3) is 0 Å². The lowest BCUT2D eigenvalue weighted by molar-refractivity contribution is -0.138. The molecule has 1 atom stereocenters. The van der Waals surface area contributed by atoms with Crippen LogP contribution in [0.4, 0.5) is 13.2 Å². The molecule has 1 unspecified atom stereocenters. The molecule has 0 saturated carbocycles. The molecule has 1 aromatic rings. The molecule has 0 saturated heterocycles. The SMILES string of the molecule is CC#CCC(N)c1ccccc1C(F)(F)F. The topological polar surface area (TPSA) is 26.0 Å². The highest BCUT2D eigenvalue weighted by Gasteiger charge is 2.33. The standard InChI is InChI=1S/C12H12F3N/c1-2-3-8-11(16)9-6-4-5-7-10(9)12(13,14)15/h4-7,11H,8,16H2,1H3. The molecule has 86 valence electrons.